The highest BCUT2D eigenvalue weighted by molar-refractivity contribution is 9.10. The van der Waals surface area contributed by atoms with Crippen LogP contribution in [-0.4, -0.2) is 28.4 Å². The molecule has 1 aromatic rings. The first-order valence-corrected chi connectivity index (χ1v) is 6.98. The first kappa shape index (κ1) is 14.6. The second-order valence-electron chi connectivity index (χ2n) is 4.08. The number of thiocarbonyl (C=S) groups is 1. The van der Waals surface area contributed by atoms with E-state index >= 15 is 0 Å². The van der Waals surface area contributed by atoms with Gasteiger partial charge in [-0.3, -0.25) is 19.8 Å². The van der Waals surface area contributed by atoms with E-state index < -0.39 is 11.8 Å². The van der Waals surface area contributed by atoms with Gasteiger partial charge in [-0.2, -0.15) is 0 Å². The summed E-state index contributed by atoms with van der Waals surface area (Å²) in [5.41, 5.74) is 0.808. The lowest BCUT2D eigenvalue weighted by Gasteiger charge is -2.27. The Morgan fingerprint density at radius 2 is 2.15 bits per heavy atom. The maximum Gasteiger partial charge on any atom is 0.265 e. The molecule has 2 rings (SSSR count). The minimum absolute atomic E-state index is 0.0542. The van der Waals surface area contributed by atoms with Gasteiger partial charge >= 0.3 is 0 Å². The molecule has 0 saturated carbocycles. The molecule has 0 atom stereocenters. The van der Waals surface area contributed by atoms with E-state index in [9.17, 15) is 9.59 Å². The van der Waals surface area contributed by atoms with Crippen LogP contribution in [0.1, 0.15) is 5.56 Å². The summed E-state index contributed by atoms with van der Waals surface area (Å²) >= 11 is 8.32. The van der Waals surface area contributed by atoms with E-state index in [-0.39, 0.29) is 17.2 Å². The van der Waals surface area contributed by atoms with E-state index in [0.717, 1.165) is 10.0 Å². The molecule has 0 radical (unpaired) electrons. The van der Waals surface area contributed by atoms with E-state index in [1.807, 2.05) is 24.3 Å². The molecular formula is C14H11BrN2O2S. The van der Waals surface area contributed by atoms with E-state index in [1.54, 1.807) is 12.2 Å². The molecule has 20 heavy (non-hydrogen) atoms. The molecular weight excluding hydrogens is 340 g/mol. The van der Waals surface area contributed by atoms with Crippen LogP contribution in [0.25, 0.3) is 6.08 Å². The van der Waals surface area contributed by atoms with Crippen LogP contribution in [0, 0.1) is 0 Å². The van der Waals surface area contributed by atoms with Gasteiger partial charge in [0.2, 0.25) is 0 Å². The van der Waals surface area contributed by atoms with Gasteiger partial charge in [-0.15, -0.1) is 6.58 Å². The number of carbonyl (C=O) groups is 2. The molecule has 1 fully saturated rings. The Balaban J connectivity index is 2.38. The zero-order valence-corrected chi connectivity index (χ0v) is 12.8. The molecule has 0 spiro atoms. The fourth-order valence-electron chi connectivity index (χ4n) is 1.75. The molecule has 1 N–H and O–H groups in total. The highest BCUT2D eigenvalue weighted by Gasteiger charge is 2.32. The van der Waals surface area contributed by atoms with Crippen molar-refractivity contribution >= 4 is 51.2 Å². The summed E-state index contributed by atoms with van der Waals surface area (Å²) in [6.45, 7) is 3.83. The molecule has 6 heteroatoms. The second-order valence-corrected chi connectivity index (χ2v) is 5.38. The van der Waals surface area contributed by atoms with Crippen LogP contribution < -0.4 is 5.32 Å². The average Bonchev–Trinajstić information content (AvgIpc) is 2.39. The summed E-state index contributed by atoms with van der Waals surface area (Å²) in [5, 5.41) is 2.60. The van der Waals surface area contributed by atoms with Gasteiger partial charge in [-0.05, 0) is 36.0 Å². The summed E-state index contributed by atoms with van der Waals surface area (Å²) in [6, 6.07) is 7.32. The maximum atomic E-state index is 12.3. The Morgan fingerprint density at radius 1 is 1.40 bits per heavy atom. The van der Waals surface area contributed by atoms with Gasteiger partial charge in [0.05, 0.1) is 0 Å². The average molecular weight is 351 g/mol. The molecule has 0 bridgehead atoms. The number of nitrogens with zero attached hydrogens (tertiary/aromatic N) is 1. The molecule has 2 amide bonds. The van der Waals surface area contributed by atoms with Gasteiger partial charge in [0.15, 0.2) is 5.11 Å². The largest absolute Gasteiger partial charge is 0.298 e. The van der Waals surface area contributed by atoms with Crippen LogP contribution in [0.15, 0.2) is 47.0 Å². The predicted molar refractivity (Wildman–Crippen MR) is 84.8 cm³/mol. The Morgan fingerprint density at radius 3 is 2.80 bits per heavy atom. The fourth-order valence-corrected chi connectivity index (χ4v) is 2.42. The zero-order chi connectivity index (χ0) is 14.7. The van der Waals surface area contributed by atoms with E-state index in [2.05, 4.69) is 27.8 Å². The Labute approximate surface area is 130 Å². The number of amides is 2. The lowest BCUT2D eigenvalue weighted by atomic mass is 10.1. The van der Waals surface area contributed by atoms with Gasteiger partial charge in [0.1, 0.15) is 5.57 Å². The van der Waals surface area contributed by atoms with Crippen LogP contribution in [-0.2, 0) is 9.59 Å². The summed E-state index contributed by atoms with van der Waals surface area (Å²) < 4.78 is 0.869. The molecule has 4 nitrogen and oxygen atoms in total. The number of hydrogen-bond donors (Lipinski definition) is 1. The highest BCUT2D eigenvalue weighted by Crippen LogP contribution is 2.17. The minimum atomic E-state index is -0.486. The molecule has 1 aliphatic rings. The third kappa shape index (κ3) is 3.02. The quantitative estimate of drug-likeness (QED) is 0.393. The summed E-state index contributed by atoms with van der Waals surface area (Å²) in [5.74, 6) is -0.904. The molecule has 1 aliphatic heterocycles. The molecule has 0 aromatic heterocycles. The molecule has 1 heterocycles. The predicted octanol–water partition coefficient (Wildman–Crippen LogP) is 2.26. The van der Waals surface area contributed by atoms with Crippen molar-refractivity contribution in [1.82, 2.24) is 10.2 Å². The number of rotatable bonds is 3. The van der Waals surface area contributed by atoms with Crippen molar-refractivity contribution in [2.24, 2.45) is 0 Å². The van der Waals surface area contributed by atoms with Crippen molar-refractivity contribution in [1.29, 1.82) is 0 Å². The minimum Gasteiger partial charge on any atom is -0.298 e. The zero-order valence-electron chi connectivity index (χ0n) is 10.4. The number of benzene rings is 1. The summed E-state index contributed by atoms with van der Waals surface area (Å²) in [7, 11) is 0. The molecule has 0 unspecified atom stereocenters. The smallest absolute Gasteiger partial charge is 0.265 e. The van der Waals surface area contributed by atoms with Crippen LogP contribution in [0.4, 0.5) is 0 Å². The lowest BCUT2D eigenvalue weighted by molar-refractivity contribution is -0.128. The Hall–Kier alpha value is -1.79. The standard InChI is InChI=1S/C14H11BrN2O2S/c1-2-6-17-13(19)11(12(18)16-14(17)20)8-9-4-3-5-10(15)7-9/h2-5,7-8H,1,6H2,(H,16,18,20)/b11-8+. The third-order valence-corrected chi connectivity index (χ3v) is 3.47. The normalized spacial score (nSPS) is 17.4. The first-order chi connectivity index (χ1) is 9.52. The molecule has 0 aliphatic carbocycles. The van der Waals surface area contributed by atoms with Gasteiger partial charge in [-0.25, -0.2) is 0 Å². The number of nitrogens with one attached hydrogen (secondary N) is 1. The van der Waals surface area contributed by atoms with Crippen LogP contribution >= 0.6 is 28.1 Å². The fraction of sp³-hybridized carbons (Fsp3) is 0.0714. The van der Waals surface area contributed by atoms with E-state index in [4.69, 9.17) is 12.2 Å². The SMILES string of the molecule is C=CCN1C(=O)/C(=C/c2cccc(Br)c2)C(=O)NC1=S. The first-order valence-electron chi connectivity index (χ1n) is 5.78. The van der Waals surface area contributed by atoms with E-state index in [1.165, 1.54) is 4.90 Å². The van der Waals surface area contributed by atoms with Gasteiger partial charge in [0, 0.05) is 11.0 Å². The highest BCUT2D eigenvalue weighted by atomic mass is 79.9. The summed E-state index contributed by atoms with van der Waals surface area (Å²) in [4.78, 5) is 25.5. The van der Waals surface area contributed by atoms with Crippen LogP contribution in [0.5, 0.6) is 0 Å². The van der Waals surface area contributed by atoms with Crippen molar-refractivity contribution < 1.29 is 9.59 Å². The van der Waals surface area contributed by atoms with Gasteiger partial charge in [0.25, 0.3) is 11.8 Å². The van der Waals surface area contributed by atoms with Crippen molar-refractivity contribution in [3.8, 4) is 0 Å². The van der Waals surface area contributed by atoms with Gasteiger partial charge in [-0.1, -0.05) is 34.1 Å². The molecule has 1 saturated heterocycles. The van der Waals surface area contributed by atoms with Crippen molar-refractivity contribution in [3.05, 3.63) is 52.5 Å². The van der Waals surface area contributed by atoms with E-state index in [0.29, 0.717) is 0 Å². The number of hydrogen-bond acceptors (Lipinski definition) is 3. The van der Waals surface area contributed by atoms with Crippen molar-refractivity contribution in [3.63, 3.8) is 0 Å². The molecule has 102 valence electrons. The lowest BCUT2D eigenvalue weighted by Crippen LogP contribution is -2.53. The third-order valence-electron chi connectivity index (χ3n) is 2.66. The number of carbonyl (C=O) groups excluding carboxylic acids is 2. The van der Waals surface area contributed by atoms with Crippen LogP contribution in [0.2, 0.25) is 0 Å². The summed E-state index contributed by atoms with van der Waals surface area (Å²) in [6.07, 6.45) is 3.10. The monoisotopic (exact) mass is 350 g/mol. The maximum absolute atomic E-state index is 12.3. The number of halogens is 1. The van der Waals surface area contributed by atoms with Crippen molar-refractivity contribution in [2.45, 2.75) is 0 Å². The van der Waals surface area contributed by atoms with Crippen LogP contribution in [0.3, 0.4) is 0 Å². The Kier molecular flexibility index (Phi) is 4.46. The topological polar surface area (TPSA) is 49.4 Å². The second kappa shape index (κ2) is 6.11. The van der Waals surface area contributed by atoms with Gasteiger partial charge < -0.3 is 0 Å². The van der Waals surface area contributed by atoms with Crippen molar-refractivity contribution in [2.75, 3.05) is 6.54 Å². The molecule has 1 aromatic carbocycles. The Bertz CT molecular complexity index is 640.